The van der Waals surface area contributed by atoms with Crippen LogP contribution in [0.4, 0.5) is 5.69 Å². The molecule has 0 aliphatic carbocycles. The summed E-state index contributed by atoms with van der Waals surface area (Å²) in [5, 5.41) is 6.04. The Morgan fingerprint density at radius 3 is 2.76 bits per heavy atom. The van der Waals surface area contributed by atoms with E-state index >= 15 is 0 Å². The molecule has 0 radical (unpaired) electrons. The second-order valence-corrected chi connectivity index (χ2v) is 8.21. The maximum atomic E-state index is 12.7. The van der Waals surface area contributed by atoms with Crippen molar-refractivity contribution in [2.24, 2.45) is 0 Å². The van der Waals surface area contributed by atoms with Crippen LogP contribution in [0, 0.1) is 13.8 Å². The minimum atomic E-state index is -0.308. The molecule has 4 rings (SSSR count). The van der Waals surface area contributed by atoms with Gasteiger partial charge in [0.1, 0.15) is 11.3 Å². The van der Waals surface area contributed by atoms with Crippen LogP contribution in [0.1, 0.15) is 34.8 Å². The summed E-state index contributed by atoms with van der Waals surface area (Å²) in [6.45, 7) is 6.61. The quantitative estimate of drug-likeness (QED) is 0.343. The van der Waals surface area contributed by atoms with Crippen molar-refractivity contribution in [2.45, 2.75) is 27.2 Å². The number of carbonyl (C=O) groups is 1. The number of amides is 1. The van der Waals surface area contributed by atoms with E-state index in [0.29, 0.717) is 23.8 Å². The first-order valence-corrected chi connectivity index (χ1v) is 11.2. The van der Waals surface area contributed by atoms with Crippen LogP contribution in [-0.4, -0.2) is 22.6 Å². The van der Waals surface area contributed by atoms with E-state index in [-0.39, 0.29) is 11.0 Å². The third-order valence-electron chi connectivity index (χ3n) is 5.07. The highest BCUT2D eigenvalue weighted by atomic mass is 32.1. The number of rotatable bonds is 6. The van der Waals surface area contributed by atoms with Gasteiger partial charge in [-0.25, -0.2) is 4.98 Å². The summed E-state index contributed by atoms with van der Waals surface area (Å²) < 4.78 is 11.5. The zero-order chi connectivity index (χ0) is 23.4. The molecule has 7 heteroatoms. The lowest BCUT2D eigenvalue weighted by Crippen LogP contribution is -2.34. The Labute approximate surface area is 198 Å². The highest BCUT2D eigenvalue weighted by Gasteiger charge is 2.13. The smallest absolute Gasteiger partial charge is 0.257 e. The van der Waals surface area contributed by atoms with Gasteiger partial charge in [0, 0.05) is 16.8 Å². The van der Waals surface area contributed by atoms with Gasteiger partial charge in [-0.2, -0.15) is 0 Å². The molecule has 3 aromatic carbocycles. The lowest BCUT2D eigenvalue weighted by atomic mass is 10.1. The van der Waals surface area contributed by atoms with Gasteiger partial charge in [0.05, 0.1) is 6.61 Å². The zero-order valence-corrected chi connectivity index (χ0v) is 19.6. The molecule has 0 unspecified atom stereocenters. The number of aryl methyl sites for hydroxylation is 2. The molecule has 0 saturated heterocycles. The number of nitrogens with one attached hydrogen (secondary N) is 2. The SMILES string of the molecule is CCCOc1cccc(C(=O)NC(=S)Nc2cc(-c3nc4cc(C)ccc4o3)ccc2C)c1. The molecule has 0 spiro atoms. The molecule has 0 bridgehead atoms. The molecule has 0 aliphatic rings. The van der Waals surface area contributed by atoms with E-state index in [1.165, 1.54) is 0 Å². The van der Waals surface area contributed by atoms with Crippen molar-refractivity contribution in [3.8, 4) is 17.2 Å². The maximum Gasteiger partial charge on any atom is 0.257 e. The molecule has 1 amide bonds. The predicted octanol–water partition coefficient (Wildman–Crippen LogP) is 6.03. The minimum absolute atomic E-state index is 0.202. The molecular formula is C26H25N3O3S. The van der Waals surface area contributed by atoms with Gasteiger partial charge in [0.25, 0.3) is 5.91 Å². The number of fused-ring (bicyclic) bond motifs is 1. The van der Waals surface area contributed by atoms with Crippen molar-refractivity contribution < 1.29 is 13.9 Å². The highest BCUT2D eigenvalue weighted by Crippen LogP contribution is 2.28. The second-order valence-electron chi connectivity index (χ2n) is 7.80. The molecule has 1 aromatic heterocycles. The van der Waals surface area contributed by atoms with Crippen LogP contribution < -0.4 is 15.4 Å². The minimum Gasteiger partial charge on any atom is -0.494 e. The van der Waals surface area contributed by atoms with Gasteiger partial charge in [-0.1, -0.05) is 25.1 Å². The molecule has 0 atom stereocenters. The standard InChI is InChI=1S/C26H25N3O3S/c1-4-12-31-20-7-5-6-18(14-20)24(30)29-26(33)28-21-15-19(10-9-17(21)3)25-27-22-13-16(2)8-11-23(22)32-25/h5-11,13-15H,4,12H2,1-3H3,(H2,28,29,30,33). The van der Waals surface area contributed by atoms with Crippen molar-refractivity contribution in [1.82, 2.24) is 10.3 Å². The molecule has 33 heavy (non-hydrogen) atoms. The van der Waals surface area contributed by atoms with Gasteiger partial charge < -0.3 is 14.5 Å². The Kier molecular flexibility index (Phi) is 6.70. The number of thiocarbonyl (C=S) groups is 1. The van der Waals surface area contributed by atoms with E-state index in [1.807, 2.05) is 63.2 Å². The second kappa shape index (κ2) is 9.83. The van der Waals surface area contributed by atoms with Crippen LogP contribution in [0.3, 0.4) is 0 Å². The largest absolute Gasteiger partial charge is 0.494 e. The Bertz CT molecular complexity index is 1330. The topological polar surface area (TPSA) is 76.4 Å². The summed E-state index contributed by atoms with van der Waals surface area (Å²) in [7, 11) is 0. The van der Waals surface area contributed by atoms with Crippen molar-refractivity contribution in [3.05, 3.63) is 77.4 Å². The zero-order valence-electron chi connectivity index (χ0n) is 18.8. The number of hydrogen-bond donors (Lipinski definition) is 2. The summed E-state index contributed by atoms with van der Waals surface area (Å²) in [4.78, 5) is 17.3. The summed E-state index contributed by atoms with van der Waals surface area (Å²) >= 11 is 5.39. The summed E-state index contributed by atoms with van der Waals surface area (Å²) in [6, 6.07) is 18.7. The van der Waals surface area contributed by atoms with Gasteiger partial charge in [-0.15, -0.1) is 0 Å². The van der Waals surface area contributed by atoms with E-state index in [2.05, 4.69) is 15.6 Å². The number of aromatic nitrogens is 1. The number of benzene rings is 3. The molecule has 2 N–H and O–H groups in total. The van der Waals surface area contributed by atoms with E-state index in [9.17, 15) is 4.79 Å². The van der Waals surface area contributed by atoms with E-state index in [1.54, 1.807) is 18.2 Å². The molecule has 0 aliphatic heterocycles. The Hall–Kier alpha value is -3.71. The average molecular weight is 460 g/mol. The molecule has 168 valence electrons. The van der Waals surface area contributed by atoms with Crippen LogP contribution in [-0.2, 0) is 0 Å². The first kappa shape index (κ1) is 22.5. The Balaban J connectivity index is 1.48. The lowest BCUT2D eigenvalue weighted by Gasteiger charge is -2.13. The van der Waals surface area contributed by atoms with Crippen molar-refractivity contribution >= 4 is 40.0 Å². The monoisotopic (exact) mass is 459 g/mol. The van der Waals surface area contributed by atoms with Gasteiger partial charge in [0.2, 0.25) is 5.89 Å². The van der Waals surface area contributed by atoms with Gasteiger partial charge in [-0.05, 0) is 86.1 Å². The van der Waals surface area contributed by atoms with Gasteiger partial charge >= 0.3 is 0 Å². The number of hydrogen-bond acceptors (Lipinski definition) is 5. The summed E-state index contributed by atoms with van der Waals surface area (Å²) in [5.74, 6) is 0.871. The van der Waals surface area contributed by atoms with Crippen LogP contribution in [0.15, 0.2) is 65.1 Å². The molecular weight excluding hydrogens is 434 g/mol. The number of anilines is 1. The summed E-state index contributed by atoms with van der Waals surface area (Å²) in [6.07, 6.45) is 0.895. The predicted molar refractivity (Wildman–Crippen MR) is 135 cm³/mol. The number of oxazole rings is 1. The third kappa shape index (κ3) is 5.38. The molecule has 0 fully saturated rings. The number of carbonyl (C=O) groups excluding carboxylic acids is 1. The first-order valence-electron chi connectivity index (χ1n) is 10.8. The first-order chi connectivity index (χ1) is 15.9. The maximum absolute atomic E-state index is 12.7. The van der Waals surface area contributed by atoms with Gasteiger partial charge in [-0.3, -0.25) is 10.1 Å². The Morgan fingerprint density at radius 1 is 1.09 bits per heavy atom. The van der Waals surface area contributed by atoms with E-state index < -0.39 is 0 Å². The third-order valence-corrected chi connectivity index (χ3v) is 5.28. The fourth-order valence-electron chi connectivity index (χ4n) is 3.33. The molecule has 6 nitrogen and oxygen atoms in total. The fraction of sp³-hybridized carbons (Fsp3) is 0.192. The summed E-state index contributed by atoms with van der Waals surface area (Å²) in [5.41, 5.74) is 5.68. The van der Waals surface area contributed by atoms with Crippen molar-refractivity contribution in [3.63, 3.8) is 0 Å². The van der Waals surface area contributed by atoms with E-state index in [0.717, 1.165) is 39.9 Å². The van der Waals surface area contributed by atoms with Crippen LogP contribution in [0.5, 0.6) is 5.75 Å². The Morgan fingerprint density at radius 2 is 1.94 bits per heavy atom. The normalized spacial score (nSPS) is 10.8. The highest BCUT2D eigenvalue weighted by molar-refractivity contribution is 7.80. The molecule has 4 aromatic rings. The van der Waals surface area contributed by atoms with Crippen molar-refractivity contribution in [1.29, 1.82) is 0 Å². The molecule has 0 saturated carbocycles. The van der Waals surface area contributed by atoms with Crippen molar-refractivity contribution in [2.75, 3.05) is 11.9 Å². The number of nitrogens with zero attached hydrogens (tertiary/aromatic N) is 1. The number of ether oxygens (including phenoxy) is 1. The van der Waals surface area contributed by atoms with Crippen LogP contribution >= 0.6 is 12.2 Å². The molecule has 1 heterocycles. The van der Waals surface area contributed by atoms with Gasteiger partial charge in [0.15, 0.2) is 10.7 Å². The van der Waals surface area contributed by atoms with Crippen LogP contribution in [0.25, 0.3) is 22.6 Å². The lowest BCUT2D eigenvalue weighted by molar-refractivity contribution is 0.0977. The van der Waals surface area contributed by atoms with Crippen LogP contribution in [0.2, 0.25) is 0 Å². The van der Waals surface area contributed by atoms with E-state index in [4.69, 9.17) is 21.4 Å². The average Bonchev–Trinajstić information content (AvgIpc) is 3.22. The fourth-order valence-corrected chi connectivity index (χ4v) is 3.53.